The molecule has 0 radical (unpaired) electrons. The molecule has 1 heterocycles. The fourth-order valence-electron chi connectivity index (χ4n) is 1.72. The second kappa shape index (κ2) is 8.93. The lowest BCUT2D eigenvalue weighted by Gasteiger charge is -2.23. The molecule has 20 heavy (non-hydrogen) atoms. The molecule has 4 atom stereocenters. The Morgan fingerprint density at radius 3 is 2.45 bits per heavy atom. The summed E-state index contributed by atoms with van der Waals surface area (Å²) in [6, 6.07) is -0.757. The van der Waals surface area contributed by atoms with Crippen LogP contribution in [0.15, 0.2) is 11.8 Å². The van der Waals surface area contributed by atoms with E-state index in [4.69, 9.17) is 30.9 Å². The van der Waals surface area contributed by atoms with Gasteiger partial charge in [0.2, 0.25) is 0 Å². The molecule has 122 valence electrons. The SMILES string of the molecule is C.C.[2H]/C(=C(/[2H])P(=O)(O)O)[C@H]1O[C@@H](C)[C@H](OC([2H])([2H])[2H])[C@@H]1OC(C)C. The molecule has 7 heteroatoms. The van der Waals surface area contributed by atoms with Crippen molar-refractivity contribution in [2.45, 2.75) is 66.1 Å². The molecule has 0 bridgehead atoms. The van der Waals surface area contributed by atoms with E-state index < -0.39 is 50.9 Å². The van der Waals surface area contributed by atoms with Crippen molar-refractivity contribution < 1.29 is 35.4 Å². The van der Waals surface area contributed by atoms with Crippen molar-refractivity contribution in [1.82, 2.24) is 0 Å². The standard InChI is InChI=1S/C11H21O6P.2CH4/c1-7(2)16-11-9(5-6-18(12,13)14)17-8(3)10(11)15-4;;/h5-11H,1-4H3,(H2,12,13,14);2*1H4/b6-5+;;/t8-,9+,10-,11+;;/m0../s1/i4D3,5D,6D;;. The van der Waals surface area contributed by atoms with E-state index in [0.717, 1.165) is 0 Å². The minimum Gasteiger partial charge on any atom is -0.376 e. The van der Waals surface area contributed by atoms with E-state index in [1.165, 1.54) is 6.92 Å². The molecule has 0 aliphatic carbocycles. The topological polar surface area (TPSA) is 85.2 Å². The van der Waals surface area contributed by atoms with E-state index in [1.54, 1.807) is 13.8 Å². The van der Waals surface area contributed by atoms with E-state index >= 15 is 0 Å². The van der Waals surface area contributed by atoms with Gasteiger partial charge in [0.1, 0.15) is 18.3 Å². The summed E-state index contributed by atoms with van der Waals surface area (Å²) >= 11 is 0. The molecule has 0 aromatic rings. The zero-order valence-corrected chi connectivity index (χ0v) is 11.3. The molecule has 0 aromatic heterocycles. The molecule has 1 rings (SSSR count). The monoisotopic (exact) mass is 317 g/mol. The Balaban J connectivity index is 0. The maximum absolute atomic E-state index is 11.2. The van der Waals surface area contributed by atoms with E-state index in [1.807, 2.05) is 0 Å². The first-order valence-corrected chi connectivity index (χ1v) is 7.07. The number of ether oxygens (including phenoxy) is 3. The summed E-state index contributed by atoms with van der Waals surface area (Å²) in [6.07, 6.45) is -4.63. The fourth-order valence-corrected chi connectivity index (χ4v) is 2.01. The van der Waals surface area contributed by atoms with Gasteiger partial charge in [0.05, 0.1) is 19.1 Å². The predicted octanol–water partition coefficient (Wildman–Crippen LogP) is 2.55. The highest BCUT2D eigenvalue weighted by Gasteiger charge is 2.43. The summed E-state index contributed by atoms with van der Waals surface area (Å²) in [5.74, 6) is -1.19. The predicted molar refractivity (Wildman–Crippen MR) is 79.8 cm³/mol. The highest BCUT2D eigenvalue weighted by Crippen LogP contribution is 2.37. The lowest BCUT2D eigenvalue weighted by atomic mass is 10.1. The number of methoxy groups -OCH3 is 1. The van der Waals surface area contributed by atoms with Crippen LogP contribution in [0.25, 0.3) is 0 Å². The Morgan fingerprint density at radius 1 is 1.40 bits per heavy atom. The van der Waals surface area contributed by atoms with Gasteiger partial charge in [-0.1, -0.05) is 14.9 Å². The smallest absolute Gasteiger partial charge is 0.348 e. The van der Waals surface area contributed by atoms with Crippen LogP contribution in [0.3, 0.4) is 0 Å². The third-order valence-corrected chi connectivity index (χ3v) is 2.78. The number of hydrogen-bond acceptors (Lipinski definition) is 4. The molecule has 1 aliphatic rings. The highest BCUT2D eigenvalue weighted by molar-refractivity contribution is 7.55. The third-order valence-electron chi connectivity index (χ3n) is 2.36. The van der Waals surface area contributed by atoms with Crippen LogP contribution in [0.1, 0.15) is 42.5 Å². The minimum absolute atomic E-state index is 0. The van der Waals surface area contributed by atoms with Gasteiger partial charge in [0, 0.05) is 12.8 Å². The Labute approximate surface area is 129 Å². The molecule has 0 aromatic carbocycles. The quantitative estimate of drug-likeness (QED) is 0.758. The molecule has 1 aliphatic heterocycles. The van der Waals surface area contributed by atoms with Crippen molar-refractivity contribution in [2.24, 2.45) is 0 Å². The molecule has 0 saturated carbocycles. The number of rotatable bonds is 5. The second-order valence-corrected chi connectivity index (χ2v) is 5.61. The van der Waals surface area contributed by atoms with Crippen molar-refractivity contribution in [2.75, 3.05) is 7.04 Å². The molecule has 0 amide bonds. The first-order chi connectivity index (χ1) is 10.2. The van der Waals surface area contributed by atoms with Gasteiger partial charge in [-0.05, 0) is 26.8 Å². The van der Waals surface area contributed by atoms with Gasteiger partial charge in [-0.2, -0.15) is 0 Å². The summed E-state index contributed by atoms with van der Waals surface area (Å²) in [4.78, 5) is 18.1. The number of hydrogen-bond donors (Lipinski definition) is 2. The molecule has 1 saturated heterocycles. The highest BCUT2D eigenvalue weighted by atomic mass is 31.2. The van der Waals surface area contributed by atoms with Gasteiger partial charge in [-0.3, -0.25) is 4.57 Å². The van der Waals surface area contributed by atoms with Crippen molar-refractivity contribution in [3.63, 3.8) is 0 Å². The minimum atomic E-state index is -4.94. The van der Waals surface area contributed by atoms with E-state index in [-0.39, 0.29) is 21.0 Å². The average Bonchev–Trinajstić information content (AvgIpc) is 2.62. The summed E-state index contributed by atoms with van der Waals surface area (Å²) < 4.78 is 63.9. The van der Waals surface area contributed by atoms with Crippen molar-refractivity contribution in [3.8, 4) is 0 Å². The van der Waals surface area contributed by atoms with Gasteiger partial charge >= 0.3 is 7.60 Å². The van der Waals surface area contributed by atoms with Gasteiger partial charge in [0.25, 0.3) is 0 Å². The van der Waals surface area contributed by atoms with Crippen LogP contribution in [0.5, 0.6) is 0 Å². The molecule has 0 unspecified atom stereocenters. The average molecular weight is 317 g/mol. The summed E-state index contributed by atoms with van der Waals surface area (Å²) in [5, 5.41) is 0. The van der Waals surface area contributed by atoms with E-state index in [9.17, 15) is 4.57 Å². The van der Waals surface area contributed by atoms with Gasteiger partial charge in [-0.15, -0.1) is 0 Å². The van der Waals surface area contributed by atoms with Crippen molar-refractivity contribution in [1.29, 1.82) is 0 Å². The van der Waals surface area contributed by atoms with Crippen molar-refractivity contribution >= 4 is 7.60 Å². The zero-order chi connectivity index (χ0) is 18.2. The molecule has 2 N–H and O–H groups in total. The lowest BCUT2D eigenvalue weighted by molar-refractivity contribution is -0.0684. The first-order valence-electron chi connectivity index (χ1n) is 7.96. The van der Waals surface area contributed by atoms with Crippen LogP contribution in [-0.4, -0.2) is 47.3 Å². The van der Waals surface area contributed by atoms with Crippen LogP contribution in [-0.2, 0) is 18.8 Å². The lowest BCUT2D eigenvalue weighted by Crippen LogP contribution is -2.37. The maximum Gasteiger partial charge on any atom is 0.348 e. The Hall–Kier alpha value is -0.230. The van der Waals surface area contributed by atoms with Crippen LogP contribution in [0, 0.1) is 0 Å². The van der Waals surface area contributed by atoms with E-state index in [0.29, 0.717) is 0 Å². The Kier molecular flexibility index (Phi) is 6.00. The largest absolute Gasteiger partial charge is 0.376 e. The van der Waals surface area contributed by atoms with Crippen LogP contribution < -0.4 is 0 Å². The van der Waals surface area contributed by atoms with Crippen LogP contribution in [0.4, 0.5) is 0 Å². The second-order valence-electron chi connectivity index (χ2n) is 4.29. The summed E-state index contributed by atoms with van der Waals surface area (Å²) in [7, 11) is -7.66. The van der Waals surface area contributed by atoms with Crippen LogP contribution >= 0.6 is 7.60 Å². The third kappa shape index (κ3) is 6.48. The first kappa shape index (κ1) is 13.4. The van der Waals surface area contributed by atoms with Crippen molar-refractivity contribution in [3.05, 3.63) is 11.8 Å². The zero-order valence-electron chi connectivity index (χ0n) is 15.4. The van der Waals surface area contributed by atoms with E-state index in [2.05, 4.69) is 0 Å². The molecular weight excluding hydrogens is 283 g/mol. The molecule has 1 fully saturated rings. The summed E-state index contributed by atoms with van der Waals surface area (Å²) in [5.41, 5.74) is 0. The fraction of sp³-hybridized carbons (Fsp3) is 0.846. The molecule has 0 spiro atoms. The van der Waals surface area contributed by atoms with Crippen LogP contribution in [0.2, 0.25) is 0 Å². The Morgan fingerprint density at radius 2 is 2.00 bits per heavy atom. The molecule has 6 nitrogen and oxygen atoms in total. The molecular formula is C13H29O6P. The summed E-state index contributed by atoms with van der Waals surface area (Å²) in [6.45, 7) is 4.84. The maximum atomic E-state index is 11.2. The normalized spacial score (nSPS) is 35.6. The van der Waals surface area contributed by atoms with Gasteiger partial charge < -0.3 is 24.0 Å². The van der Waals surface area contributed by atoms with Gasteiger partial charge in [0.15, 0.2) is 0 Å². The Bertz CT molecular complexity index is 504. The van der Waals surface area contributed by atoms with Gasteiger partial charge in [-0.25, -0.2) is 0 Å².